The van der Waals surface area contributed by atoms with Gasteiger partial charge in [0.15, 0.2) is 0 Å². The Morgan fingerprint density at radius 2 is 2.06 bits per heavy atom. The van der Waals surface area contributed by atoms with Gasteiger partial charge in [-0.3, -0.25) is 4.68 Å². The van der Waals surface area contributed by atoms with E-state index in [1.54, 1.807) is 0 Å². The maximum absolute atomic E-state index is 5.77. The quantitative estimate of drug-likeness (QED) is 0.801. The molecule has 0 aliphatic heterocycles. The van der Waals surface area contributed by atoms with E-state index in [1.165, 1.54) is 0 Å². The smallest absolute Gasteiger partial charge is 0.132 e. The molecule has 1 aromatic heterocycles. The zero-order valence-corrected chi connectivity index (χ0v) is 11.3. The summed E-state index contributed by atoms with van der Waals surface area (Å²) in [6.07, 6.45) is 3.10. The molecule has 0 saturated heterocycles. The van der Waals surface area contributed by atoms with E-state index in [0.29, 0.717) is 12.6 Å². The van der Waals surface area contributed by atoms with Crippen molar-refractivity contribution in [3.63, 3.8) is 0 Å². The Morgan fingerprint density at radius 3 is 2.78 bits per heavy atom. The molecule has 0 saturated carbocycles. The first kappa shape index (κ1) is 12.7. The molecule has 96 valence electrons. The monoisotopic (exact) mass is 244 g/mol. The molecule has 0 spiro atoms. The predicted molar refractivity (Wildman–Crippen MR) is 72.7 cm³/mol. The first-order chi connectivity index (χ1) is 8.70. The molecule has 3 nitrogen and oxygen atoms in total. The first-order valence-electron chi connectivity index (χ1n) is 6.43. The van der Waals surface area contributed by atoms with E-state index in [4.69, 9.17) is 4.74 Å². The molecule has 1 heterocycles. The lowest BCUT2D eigenvalue weighted by molar-refractivity contribution is 0.296. The predicted octanol–water partition coefficient (Wildman–Crippen LogP) is 3.74. The van der Waals surface area contributed by atoms with E-state index in [0.717, 1.165) is 23.4 Å². The average molecular weight is 244 g/mol. The highest BCUT2D eigenvalue weighted by atomic mass is 16.5. The van der Waals surface area contributed by atoms with Crippen molar-refractivity contribution in [2.45, 2.75) is 39.8 Å². The summed E-state index contributed by atoms with van der Waals surface area (Å²) < 4.78 is 7.77. The number of benzene rings is 1. The second kappa shape index (κ2) is 5.71. The molecule has 0 aliphatic carbocycles. The molecule has 0 bridgehead atoms. The van der Waals surface area contributed by atoms with Gasteiger partial charge in [-0.2, -0.15) is 5.10 Å². The lowest BCUT2D eigenvalue weighted by Crippen LogP contribution is -2.06. The maximum atomic E-state index is 5.77. The van der Waals surface area contributed by atoms with Crippen LogP contribution in [0.2, 0.25) is 0 Å². The third kappa shape index (κ3) is 2.92. The van der Waals surface area contributed by atoms with Gasteiger partial charge in [0.25, 0.3) is 0 Å². The van der Waals surface area contributed by atoms with E-state index in [9.17, 15) is 0 Å². The summed E-state index contributed by atoms with van der Waals surface area (Å²) >= 11 is 0. The minimum atomic E-state index is 0.442. The number of para-hydroxylation sites is 1. The molecular formula is C15H20N2O. The SMILES string of the molecule is CCC(C)n1ccc(COc2ccccc2C)n1. The Kier molecular flexibility index (Phi) is 4.03. The normalized spacial score (nSPS) is 12.4. The van der Waals surface area contributed by atoms with Crippen LogP contribution in [0.5, 0.6) is 5.75 Å². The lowest BCUT2D eigenvalue weighted by Gasteiger charge is -2.09. The van der Waals surface area contributed by atoms with Crippen LogP contribution in [0.15, 0.2) is 36.5 Å². The Morgan fingerprint density at radius 1 is 1.28 bits per heavy atom. The van der Waals surface area contributed by atoms with Crippen molar-refractivity contribution < 1.29 is 4.74 Å². The molecule has 0 aliphatic rings. The molecule has 2 aromatic rings. The third-order valence-electron chi connectivity index (χ3n) is 3.18. The molecule has 2 rings (SSSR count). The van der Waals surface area contributed by atoms with E-state index in [-0.39, 0.29) is 0 Å². The number of hydrogen-bond acceptors (Lipinski definition) is 2. The fraction of sp³-hybridized carbons (Fsp3) is 0.400. The fourth-order valence-corrected chi connectivity index (χ4v) is 1.76. The molecule has 0 amide bonds. The summed E-state index contributed by atoms with van der Waals surface area (Å²) in [6.45, 7) is 6.90. The van der Waals surface area contributed by atoms with E-state index in [2.05, 4.69) is 18.9 Å². The van der Waals surface area contributed by atoms with Crippen molar-refractivity contribution in [3.8, 4) is 5.75 Å². The van der Waals surface area contributed by atoms with Gasteiger partial charge >= 0.3 is 0 Å². The average Bonchev–Trinajstić information content (AvgIpc) is 2.86. The van der Waals surface area contributed by atoms with Crippen molar-refractivity contribution in [3.05, 3.63) is 47.8 Å². The number of aryl methyl sites for hydroxylation is 1. The van der Waals surface area contributed by atoms with Crippen molar-refractivity contribution >= 4 is 0 Å². The molecule has 0 N–H and O–H groups in total. The summed E-state index contributed by atoms with van der Waals surface area (Å²) in [4.78, 5) is 0. The van der Waals surface area contributed by atoms with Gasteiger partial charge in [0, 0.05) is 12.2 Å². The summed E-state index contributed by atoms with van der Waals surface area (Å²) in [7, 11) is 0. The van der Waals surface area contributed by atoms with E-state index >= 15 is 0 Å². The van der Waals surface area contributed by atoms with Crippen LogP contribution in [-0.2, 0) is 6.61 Å². The van der Waals surface area contributed by atoms with E-state index < -0.39 is 0 Å². The third-order valence-corrected chi connectivity index (χ3v) is 3.18. The molecule has 1 atom stereocenters. The maximum Gasteiger partial charge on any atom is 0.132 e. The van der Waals surface area contributed by atoms with Crippen LogP contribution in [-0.4, -0.2) is 9.78 Å². The highest BCUT2D eigenvalue weighted by Crippen LogP contribution is 2.18. The van der Waals surface area contributed by atoms with Crippen molar-refractivity contribution in [2.24, 2.45) is 0 Å². The molecule has 1 aromatic carbocycles. The Hall–Kier alpha value is -1.77. The first-order valence-corrected chi connectivity index (χ1v) is 6.43. The van der Waals surface area contributed by atoms with Gasteiger partial charge in [0.1, 0.15) is 12.4 Å². The van der Waals surface area contributed by atoms with Gasteiger partial charge in [0.05, 0.1) is 5.69 Å². The van der Waals surface area contributed by atoms with Crippen molar-refractivity contribution in [2.75, 3.05) is 0 Å². The lowest BCUT2D eigenvalue weighted by atomic mass is 10.2. The second-order valence-electron chi connectivity index (χ2n) is 4.60. The van der Waals surface area contributed by atoms with Gasteiger partial charge in [0.2, 0.25) is 0 Å². The standard InChI is InChI=1S/C15H20N2O/c1-4-13(3)17-10-9-14(16-17)11-18-15-8-6-5-7-12(15)2/h5-10,13H,4,11H2,1-3H3. The van der Waals surface area contributed by atoms with Crippen LogP contribution in [0.3, 0.4) is 0 Å². The summed E-state index contributed by atoms with van der Waals surface area (Å²) in [6, 6.07) is 10.5. The molecular weight excluding hydrogens is 224 g/mol. The zero-order chi connectivity index (χ0) is 13.0. The highest BCUT2D eigenvalue weighted by molar-refractivity contribution is 5.31. The van der Waals surface area contributed by atoms with Crippen LogP contribution >= 0.6 is 0 Å². The van der Waals surface area contributed by atoms with Crippen molar-refractivity contribution in [1.29, 1.82) is 0 Å². The van der Waals surface area contributed by atoms with Crippen molar-refractivity contribution in [1.82, 2.24) is 9.78 Å². The molecule has 0 fully saturated rings. The molecule has 18 heavy (non-hydrogen) atoms. The van der Waals surface area contributed by atoms with Gasteiger partial charge in [-0.25, -0.2) is 0 Å². The van der Waals surface area contributed by atoms with Gasteiger partial charge in [-0.1, -0.05) is 25.1 Å². The number of aromatic nitrogens is 2. The number of hydrogen-bond donors (Lipinski definition) is 0. The number of ether oxygens (including phenoxy) is 1. The Balaban J connectivity index is 1.98. The minimum Gasteiger partial charge on any atom is -0.487 e. The Bertz CT molecular complexity index is 505. The number of rotatable bonds is 5. The van der Waals surface area contributed by atoms with Crippen LogP contribution in [0, 0.1) is 6.92 Å². The van der Waals surface area contributed by atoms with Crippen LogP contribution in [0.1, 0.15) is 37.6 Å². The van der Waals surface area contributed by atoms with Crippen LogP contribution < -0.4 is 4.74 Å². The summed E-state index contributed by atoms with van der Waals surface area (Å²) in [5.74, 6) is 0.926. The van der Waals surface area contributed by atoms with E-state index in [1.807, 2.05) is 48.1 Å². The van der Waals surface area contributed by atoms with Crippen LogP contribution in [0.4, 0.5) is 0 Å². The molecule has 3 heteroatoms. The van der Waals surface area contributed by atoms with Gasteiger partial charge in [-0.05, 0) is 38.0 Å². The minimum absolute atomic E-state index is 0.442. The molecule has 0 radical (unpaired) electrons. The number of nitrogens with zero attached hydrogens (tertiary/aromatic N) is 2. The second-order valence-corrected chi connectivity index (χ2v) is 4.60. The summed E-state index contributed by atoms with van der Waals surface area (Å²) in [5, 5.41) is 4.52. The van der Waals surface area contributed by atoms with Gasteiger partial charge < -0.3 is 4.74 Å². The summed E-state index contributed by atoms with van der Waals surface area (Å²) in [5.41, 5.74) is 2.12. The fourth-order valence-electron chi connectivity index (χ4n) is 1.76. The zero-order valence-electron chi connectivity index (χ0n) is 11.3. The topological polar surface area (TPSA) is 27.1 Å². The highest BCUT2D eigenvalue weighted by Gasteiger charge is 2.05. The van der Waals surface area contributed by atoms with Gasteiger partial charge in [-0.15, -0.1) is 0 Å². The largest absolute Gasteiger partial charge is 0.487 e. The molecule has 1 unspecified atom stereocenters. The van der Waals surface area contributed by atoms with Crippen LogP contribution in [0.25, 0.3) is 0 Å². The Labute approximate surface area is 108 Å².